The number of fused-ring (bicyclic) bond motifs is 1. The van der Waals surface area contributed by atoms with E-state index in [1.807, 2.05) is 89.8 Å². The molecule has 7 heteroatoms. The molecule has 0 atom stereocenters. The monoisotopic (exact) mass is 487 g/mol. The van der Waals surface area contributed by atoms with Crippen LogP contribution in [0.1, 0.15) is 22.5 Å². The first-order valence-corrected chi connectivity index (χ1v) is 12.3. The highest BCUT2D eigenvalue weighted by molar-refractivity contribution is 7.15. The van der Waals surface area contributed by atoms with Gasteiger partial charge in [-0.05, 0) is 36.8 Å². The molecule has 6 nitrogen and oxygen atoms in total. The molecular weight excluding hydrogens is 466 g/mol. The summed E-state index contributed by atoms with van der Waals surface area (Å²) in [6.45, 7) is 2.06. The van der Waals surface area contributed by atoms with Gasteiger partial charge in [0.25, 0.3) is 5.56 Å². The van der Waals surface area contributed by atoms with E-state index in [4.69, 9.17) is 5.10 Å². The Morgan fingerprint density at radius 3 is 2.28 bits per heavy atom. The van der Waals surface area contributed by atoms with Crippen molar-refractivity contribution in [3.8, 4) is 16.9 Å². The van der Waals surface area contributed by atoms with E-state index in [0.29, 0.717) is 15.3 Å². The fourth-order valence-electron chi connectivity index (χ4n) is 3.94. The molecule has 0 aliphatic rings. The first kappa shape index (κ1) is 21.9. The molecule has 6 aromatic rings. The number of aryl methyl sites for hydroxylation is 1. The maximum absolute atomic E-state index is 13.2. The van der Waals surface area contributed by atoms with Crippen molar-refractivity contribution in [2.45, 2.75) is 6.92 Å². The summed E-state index contributed by atoms with van der Waals surface area (Å²) in [7, 11) is 0. The highest BCUT2D eigenvalue weighted by Gasteiger charge is 2.14. The molecule has 3 aromatic heterocycles. The predicted molar refractivity (Wildman–Crippen MR) is 145 cm³/mol. The Hall–Kier alpha value is -4.62. The summed E-state index contributed by atoms with van der Waals surface area (Å²) in [5, 5.41) is 9.26. The maximum atomic E-state index is 13.2. The van der Waals surface area contributed by atoms with Crippen LogP contribution in [0.5, 0.6) is 0 Å². The van der Waals surface area contributed by atoms with Crippen molar-refractivity contribution in [2.75, 3.05) is 0 Å². The highest BCUT2D eigenvalue weighted by atomic mass is 32.1. The summed E-state index contributed by atoms with van der Waals surface area (Å²) in [4.78, 5) is 18.3. The molecule has 0 amide bonds. The normalized spacial score (nSPS) is 12.2. The van der Waals surface area contributed by atoms with Crippen molar-refractivity contribution in [1.29, 1.82) is 0 Å². The third-order valence-corrected chi connectivity index (χ3v) is 6.76. The first-order chi connectivity index (χ1) is 17.6. The molecule has 0 radical (unpaired) electrons. The Bertz CT molecular complexity index is 1800. The van der Waals surface area contributed by atoms with Crippen molar-refractivity contribution >= 4 is 34.5 Å². The Kier molecular flexibility index (Phi) is 5.59. The summed E-state index contributed by atoms with van der Waals surface area (Å²) in [5.74, 6) is 0.506. The van der Waals surface area contributed by atoms with Crippen LogP contribution in [0.4, 0.5) is 0 Å². The van der Waals surface area contributed by atoms with Gasteiger partial charge in [0.1, 0.15) is 0 Å². The Balaban J connectivity index is 1.42. The lowest BCUT2D eigenvalue weighted by molar-refractivity contribution is 0.884. The minimum Gasteiger partial charge on any atom is -0.266 e. The first-order valence-electron chi connectivity index (χ1n) is 11.5. The zero-order valence-corrected chi connectivity index (χ0v) is 20.3. The quantitative estimate of drug-likeness (QED) is 0.342. The van der Waals surface area contributed by atoms with Gasteiger partial charge in [0.15, 0.2) is 5.82 Å². The van der Waals surface area contributed by atoms with Gasteiger partial charge in [-0.25, -0.2) is 4.68 Å². The number of nitrogens with zero attached hydrogens (tertiary/aromatic N) is 5. The average molecular weight is 488 g/mol. The van der Waals surface area contributed by atoms with Crippen molar-refractivity contribution < 1.29 is 0 Å². The molecule has 174 valence electrons. The zero-order valence-electron chi connectivity index (χ0n) is 19.4. The van der Waals surface area contributed by atoms with Crippen molar-refractivity contribution in [3.63, 3.8) is 0 Å². The SMILES string of the molecule is Cc1ccc(-c2nn(-c3ccccc3)cc2/C=c2\sc3nc(/C=C/c4ccccc4)nn3c2=O)cc1. The van der Waals surface area contributed by atoms with E-state index in [9.17, 15) is 4.79 Å². The van der Waals surface area contributed by atoms with Crippen LogP contribution in [0.2, 0.25) is 0 Å². The zero-order chi connectivity index (χ0) is 24.5. The predicted octanol–water partition coefficient (Wildman–Crippen LogP) is 5.03. The third-order valence-electron chi connectivity index (χ3n) is 5.80. The number of thiazole rings is 1. The Labute approximate surface area is 211 Å². The van der Waals surface area contributed by atoms with E-state index in [0.717, 1.165) is 28.1 Å². The smallest absolute Gasteiger partial charge is 0.266 e. The van der Waals surface area contributed by atoms with Crippen LogP contribution in [0.3, 0.4) is 0 Å². The van der Waals surface area contributed by atoms with Crippen molar-refractivity contribution in [2.24, 2.45) is 0 Å². The average Bonchev–Trinajstić information content (AvgIpc) is 3.59. The maximum Gasteiger partial charge on any atom is 0.291 e. The lowest BCUT2D eigenvalue weighted by Crippen LogP contribution is -2.23. The van der Waals surface area contributed by atoms with Gasteiger partial charge in [0.05, 0.1) is 15.9 Å². The van der Waals surface area contributed by atoms with E-state index in [1.54, 1.807) is 0 Å². The molecule has 0 aliphatic heterocycles. The number of benzene rings is 3. The van der Waals surface area contributed by atoms with Gasteiger partial charge >= 0.3 is 0 Å². The van der Waals surface area contributed by atoms with E-state index in [-0.39, 0.29) is 5.56 Å². The summed E-state index contributed by atoms with van der Waals surface area (Å²) in [6.07, 6.45) is 7.58. The molecule has 0 aliphatic carbocycles. The lowest BCUT2D eigenvalue weighted by Gasteiger charge is -2.01. The lowest BCUT2D eigenvalue weighted by atomic mass is 10.1. The van der Waals surface area contributed by atoms with E-state index in [2.05, 4.69) is 41.3 Å². The molecule has 0 N–H and O–H groups in total. The molecule has 0 saturated carbocycles. The third kappa shape index (κ3) is 4.28. The van der Waals surface area contributed by atoms with Gasteiger partial charge in [-0.15, -0.1) is 5.10 Å². The van der Waals surface area contributed by atoms with Gasteiger partial charge < -0.3 is 0 Å². The second kappa shape index (κ2) is 9.20. The molecule has 0 spiro atoms. The minimum absolute atomic E-state index is 0.191. The number of para-hydroxylation sites is 1. The topological polar surface area (TPSA) is 65.1 Å². The fraction of sp³-hybridized carbons (Fsp3) is 0.0345. The largest absolute Gasteiger partial charge is 0.291 e. The van der Waals surface area contributed by atoms with Crippen molar-refractivity contribution in [3.05, 3.63) is 129 Å². The molecule has 0 saturated heterocycles. The van der Waals surface area contributed by atoms with Gasteiger partial charge in [-0.2, -0.15) is 14.6 Å². The summed E-state index contributed by atoms with van der Waals surface area (Å²) in [6, 6.07) is 28.1. The highest BCUT2D eigenvalue weighted by Crippen LogP contribution is 2.25. The number of aromatic nitrogens is 5. The van der Waals surface area contributed by atoms with E-state index in [1.165, 1.54) is 21.4 Å². The van der Waals surface area contributed by atoms with Gasteiger partial charge in [-0.1, -0.05) is 95.8 Å². The van der Waals surface area contributed by atoms with Crippen LogP contribution >= 0.6 is 11.3 Å². The van der Waals surface area contributed by atoms with Crippen LogP contribution in [0.15, 0.2) is 95.9 Å². The second-order valence-electron chi connectivity index (χ2n) is 8.40. The summed E-state index contributed by atoms with van der Waals surface area (Å²) >= 11 is 1.32. The number of hydrogen-bond donors (Lipinski definition) is 0. The molecule has 0 bridgehead atoms. The Morgan fingerprint density at radius 2 is 1.56 bits per heavy atom. The van der Waals surface area contributed by atoms with E-state index >= 15 is 0 Å². The van der Waals surface area contributed by atoms with Gasteiger partial charge in [0, 0.05) is 17.3 Å². The van der Waals surface area contributed by atoms with Crippen LogP contribution < -0.4 is 10.1 Å². The summed E-state index contributed by atoms with van der Waals surface area (Å²) in [5.41, 5.74) is 5.64. The molecule has 3 heterocycles. The van der Waals surface area contributed by atoms with Crippen LogP contribution in [0.25, 0.3) is 40.1 Å². The van der Waals surface area contributed by atoms with Crippen LogP contribution in [-0.4, -0.2) is 24.4 Å². The molecule has 0 fully saturated rings. The number of hydrogen-bond acceptors (Lipinski definition) is 5. The van der Waals surface area contributed by atoms with Crippen molar-refractivity contribution in [1.82, 2.24) is 24.4 Å². The fourth-order valence-corrected chi connectivity index (χ4v) is 4.84. The van der Waals surface area contributed by atoms with E-state index < -0.39 is 0 Å². The molecule has 6 rings (SSSR count). The summed E-state index contributed by atoms with van der Waals surface area (Å²) < 4.78 is 3.77. The molecule has 36 heavy (non-hydrogen) atoms. The van der Waals surface area contributed by atoms with Crippen LogP contribution in [-0.2, 0) is 0 Å². The molecular formula is C29H21N5OS. The minimum atomic E-state index is -0.191. The molecule has 3 aromatic carbocycles. The standard InChI is InChI=1S/C29H21N5OS/c1-20-12-15-22(16-13-20)27-23(19-33(32-27)24-10-6-3-7-11-24)18-25-28(35)34-29(36-25)30-26(31-34)17-14-21-8-4-2-5-9-21/h2-19H,1H3/b17-14+,25-18-. The number of rotatable bonds is 5. The van der Waals surface area contributed by atoms with Gasteiger partial charge in [0.2, 0.25) is 4.96 Å². The van der Waals surface area contributed by atoms with Gasteiger partial charge in [-0.3, -0.25) is 4.79 Å². The Morgan fingerprint density at radius 1 is 0.833 bits per heavy atom. The van der Waals surface area contributed by atoms with Crippen LogP contribution in [0, 0.1) is 6.92 Å². The molecule has 0 unspecified atom stereocenters. The second-order valence-corrected chi connectivity index (χ2v) is 9.41.